The van der Waals surface area contributed by atoms with Gasteiger partial charge in [-0.1, -0.05) is 12.1 Å². The molecule has 2 heterocycles. The molecule has 0 radical (unpaired) electrons. The lowest BCUT2D eigenvalue weighted by molar-refractivity contribution is -0.192. The van der Waals surface area contributed by atoms with Crippen LogP contribution in [0.2, 0.25) is 5.28 Å². The number of ether oxygens (including phenoxy) is 3. The molecule has 2 aromatic heterocycles. The van der Waals surface area contributed by atoms with Crippen molar-refractivity contribution in [3.05, 3.63) is 41.4 Å². The number of aliphatic hydroxyl groups excluding tert-OH is 1. The van der Waals surface area contributed by atoms with Crippen molar-refractivity contribution in [3.63, 3.8) is 0 Å². The molecule has 1 aromatic carbocycles. The number of fused-ring (bicyclic) bond motifs is 1. The minimum absolute atomic E-state index is 0.0357. The third kappa shape index (κ3) is 5.31. The molecule has 3 aromatic rings. The van der Waals surface area contributed by atoms with Crippen LogP contribution in [0.25, 0.3) is 11.2 Å². The normalized spacial score (nSPS) is 14.4. The first-order valence-electron chi connectivity index (χ1n) is 10.3. The van der Waals surface area contributed by atoms with Crippen LogP contribution >= 0.6 is 11.6 Å². The highest BCUT2D eigenvalue weighted by Gasteiger charge is 2.49. The van der Waals surface area contributed by atoms with Crippen LogP contribution in [0.5, 0.6) is 5.75 Å². The SMILES string of the molecule is COc1cccc(CC(OC[C@@H](OC)[C@@H](O)[C@H](F)n2cnc3c(N)nc(Cl)nc32)(C(=O)O)C(=O)O)c1. The molecular weight excluding hydrogens is 505 g/mol. The number of hydrogen-bond acceptors (Lipinski definition) is 10. The molecule has 3 rings (SSSR count). The number of alkyl halides is 1. The minimum atomic E-state index is -2.77. The summed E-state index contributed by atoms with van der Waals surface area (Å²) < 4.78 is 31.6. The summed E-state index contributed by atoms with van der Waals surface area (Å²) in [5.74, 6) is -3.34. The van der Waals surface area contributed by atoms with Crippen molar-refractivity contribution >= 4 is 40.5 Å². The summed E-state index contributed by atoms with van der Waals surface area (Å²) in [4.78, 5) is 35.6. The lowest BCUT2D eigenvalue weighted by atomic mass is 9.94. The van der Waals surface area contributed by atoms with Gasteiger partial charge in [0.05, 0.1) is 20.0 Å². The van der Waals surface area contributed by atoms with Crippen molar-refractivity contribution < 1.29 is 43.5 Å². The summed E-state index contributed by atoms with van der Waals surface area (Å²) in [6, 6.07) is 6.09. The molecule has 0 unspecified atom stereocenters. The first kappa shape index (κ1) is 27.0. The van der Waals surface area contributed by atoms with Gasteiger partial charge < -0.3 is 35.3 Å². The molecule has 13 nitrogen and oxygen atoms in total. The molecule has 0 fully saturated rings. The van der Waals surface area contributed by atoms with E-state index in [4.69, 9.17) is 31.5 Å². The molecule has 0 saturated carbocycles. The fourth-order valence-corrected chi connectivity index (χ4v) is 3.62. The maximum absolute atomic E-state index is 15.3. The van der Waals surface area contributed by atoms with E-state index in [-0.39, 0.29) is 27.8 Å². The van der Waals surface area contributed by atoms with E-state index < -0.39 is 49.1 Å². The van der Waals surface area contributed by atoms with E-state index in [1.807, 2.05) is 0 Å². The van der Waals surface area contributed by atoms with Gasteiger partial charge in [0.1, 0.15) is 23.5 Å². The van der Waals surface area contributed by atoms with Crippen LogP contribution in [0, 0.1) is 0 Å². The zero-order valence-corrected chi connectivity index (χ0v) is 19.8. The Bertz CT molecular complexity index is 1240. The standard InChI is InChI=1S/C21H23ClFN5O8/c1-34-11-5-3-4-10(6-11)7-21(18(30)31,19(32)33)36-8-12(35-2)14(29)15(23)28-9-25-13-16(24)26-20(22)27-17(13)28/h3-6,9,12,14-15,29H,7-8H2,1-2H3,(H,30,31)(H,32,33)(H2,24,26,27)/t12-,14-,15-/m1/s1. The molecule has 15 heteroatoms. The predicted molar refractivity (Wildman–Crippen MR) is 122 cm³/mol. The van der Waals surface area contributed by atoms with Crippen LogP contribution in [-0.4, -0.2) is 85.4 Å². The number of aliphatic hydroxyl groups is 1. The fraction of sp³-hybridized carbons (Fsp3) is 0.381. The number of rotatable bonds is 12. The van der Waals surface area contributed by atoms with Gasteiger partial charge in [-0.05, 0) is 29.3 Å². The number of hydrogen-bond donors (Lipinski definition) is 4. The van der Waals surface area contributed by atoms with Crippen molar-refractivity contribution in [3.8, 4) is 5.75 Å². The van der Waals surface area contributed by atoms with Gasteiger partial charge in [-0.3, -0.25) is 4.57 Å². The van der Waals surface area contributed by atoms with Crippen molar-refractivity contribution in [1.82, 2.24) is 19.5 Å². The molecule has 0 spiro atoms. The molecule has 5 N–H and O–H groups in total. The number of imidazole rings is 1. The number of anilines is 1. The quantitative estimate of drug-likeness (QED) is 0.194. The van der Waals surface area contributed by atoms with Crippen molar-refractivity contribution in [2.45, 2.75) is 30.5 Å². The Labute approximate surface area is 208 Å². The largest absolute Gasteiger partial charge is 0.497 e. The predicted octanol–water partition coefficient (Wildman–Crippen LogP) is 1.08. The van der Waals surface area contributed by atoms with Crippen LogP contribution in [-0.2, 0) is 25.5 Å². The summed E-state index contributed by atoms with van der Waals surface area (Å²) in [5.41, 5.74) is 3.14. The number of nitrogens with zero attached hydrogens (tertiary/aromatic N) is 4. The summed E-state index contributed by atoms with van der Waals surface area (Å²) >= 11 is 5.78. The Kier molecular flexibility index (Phi) is 8.24. The Hall–Kier alpha value is -3.59. The Morgan fingerprint density at radius 3 is 2.56 bits per heavy atom. The zero-order chi connectivity index (χ0) is 26.6. The van der Waals surface area contributed by atoms with E-state index >= 15 is 4.39 Å². The first-order chi connectivity index (χ1) is 17.0. The topological polar surface area (TPSA) is 192 Å². The number of carboxylic acids is 2. The number of aromatic nitrogens is 4. The second-order valence-electron chi connectivity index (χ2n) is 7.62. The second-order valence-corrected chi connectivity index (χ2v) is 7.95. The second kappa shape index (κ2) is 11.0. The highest BCUT2D eigenvalue weighted by Crippen LogP contribution is 2.28. The van der Waals surface area contributed by atoms with Gasteiger partial charge in [0, 0.05) is 13.5 Å². The number of carboxylic acid groups (broad SMARTS) is 2. The summed E-state index contributed by atoms with van der Waals surface area (Å²) in [6.45, 7) is -0.800. The molecule has 0 aliphatic rings. The highest BCUT2D eigenvalue weighted by molar-refractivity contribution is 6.28. The van der Waals surface area contributed by atoms with Crippen LogP contribution < -0.4 is 10.5 Å². The number of benzene rings is 1. The number of aliphatic carboxylic acids is 2. The molecule has 0 bridgehead atoms. The molecule has 36 heavy (non-hydrogen) atoms. The van der Waals surface area contributed by atoms with Gasteiger partial charge in [0.15, 0.2) is 11.5 Å². The van der Waals surface area contributed by atoms with Crippen LogP contribution in [0.15, 0.2) is 30.6 Å². The maximum Gasteiger partial charge on any atom is 0.348 e. The van der Waals surface area contributed by atoms with Crippen LogP contribution in [0.4, 0.5) is 10.2 Å². The van der Waals surface area contributed by atoms with Crippen LogP contribution in [0.3, 0.4) is 0 Å². The average molecular weight is 528 g/mol. The molecule has 0 aliphatic heterocycles. The Balaban J connectivity index is 1.85. The van der Waals surface area contributed by atoms with Gasteiger partial charge in [0.25, 0.3) is 5.60 Å². The van der Waals surface area contributed by atoms with Gasteiger partial charge in [-0.25, -0.2) is 19.0 Å². The van der Waals surface area contributed by atoms with E-state index in [1.54, 1.807) is 12.1 Å². The molecule has 3 atom stereocenters. The Morgan fingerprint density at radius 2 is 1.94 bits per heavy atom. The molecule has 194 valence electrons. The fourth-order valence-electron chi connectivity index (χ4n) is 3.45. The monoisotopic (exact) mass is 527 g/mol. The van der Waals surface area contributed by atoms with E-state index in [0.717, 1.165) is 18.0 Å². The summed E-state index contributed by atoms with van der Waals surface area (Å²) in [7, 11) is 2.51. The van der Waals surface area contributed by atoms with Gasteiger partial charge in [-0.15, -0.1) is 0 Å². The van der Waals surface area contributed by atoms with E-state index in [1.165, 1.54) is 19.2 Å². The number of nitrogens with two attached hydrogens (primary N) is 1. The van der Waals surface area contributed by atoms with E-state index in [0.29, 0.717) is 5.75 Å². The smallest absolute Gasteiger partial charge is 0.348 e. The number of methoxy groups -OCH3 is 2. The summed E-state index contributed by atoms with van der Waals surface area (Å²) in [5, 5.41) is 29.9. The summed E-state index contributed by atoms with van der Waals surface area (Å²) in [6.07, 6.45) is -5.30. The third-order valence-corrected chi connectivity index (χ3v) is 5.59. The van der Waals surface area contributed by atoms with E-state index in [2.05, 4.69) is 15.0 Å². The number of carbonyl (C=O) groups is 2. The number of halogens is 2. The Morgan fingerprint density at radius 1 is 1.25 bits per heavy atom. The van der Waals surface area contributed by atoms with Crippen molar-refractivity contribution in [2.75, 3.05) is 26.6 Å². The molecule has 0 saturated heterocycles. The van der Waals surface area contributed by atoms with Gasteiger partial charge >= 0.3 is 11.9 Å². The molecular formula is C21H23ClFN5O8. The average Bonchev–Trinajstić information content (AvgIpc) is 3.26. The van der Waals surface area contributed by atoms with Crippen molar-refractivity contribution in [2.24, 2.45) is 0 Å². The van der Waals surface area contributed by atoms with Gasteiger partial charge in [-0.2, -0.15) is 9.97 Å². The zero-order valence-electron chi connectivity index (χ0n) is 19.0. The lowest BCUT2D eigenvalue weighted by Crippen LogP contribution is -2.53. The van der Waals surface area contributed by atoms with E-state index in [9.17, 15) is 24.9 Å². The maximum atomic E-state index is 15.3. The molecule has 0 amide bonds. The number of nitrogen functional groups attached to an aromatic ring is 1. The highest BCUT2D eigenvalue weighted by atomic mass is 35.5. The van der Waals surface area contributed by atoms with Gasteiger partial charge in [0.2, 0.25) is 11.6 Å². The lowest BCUT2D eigenvalue weighted by Gasteiger charge is -2.30. The van der Waals surface area contributed by atoms with Crippen LogP contribution in [0.1, 0.15) is 11.9 Å². The first-order valence-corrected chi connectivity index (χ1v) is 10.7. The minimum Gasteiger partial charge on any atom is -0.497 e. The third-order valence-electron chi connectivity index (χ3n) is 5.42. The van der Waals surface area contributed by atoms with Crippen molar-refractivity contribution in [1.29, 1.82) is 0 Å². The molecule has 0 aliphatic carbocycles.